The van der Waals surface area contributed by atoms with Crippen LogP contribution >= 0.6 is 0 Å². The van der Waals surface area contributed by atoms with E-state index in [-0.39, 0.29) is 0 Å². The average Bonchev–Trinajstić information content (AvgIpc) is 3.85. The highest BCUT2D eigenvalue weighted by Crippen LogP contribution is 2.43. The van der Waals surface area contributed by atoms with Gasteiger partial charge in [0, 0.05) is 49.8 Å². The van der Waals surface area contributed by atoms with E-state index in [2.05, 4.69) is 143 Å². The van der Waals surface area contributed by atoms with Crippen molar-refractivity contribution in [1.82, 2.24) is 19.1 Å². The summed E-state index contributed by atoms with van der Waals surface area (Å²) in [5, 5.41) is 6.73. The third kappa shape index (κ3) is 4.15. The van der Waals surface area contributed by atoms with E-state index in [1.54, 1.807) is 0 Å². The number of aromatic nitrogens is 4. The highest BCUT2D eigenvalue weighted by molar-refractivity contribution is 6.25. The van der Waals surface area contributed by atoms with Crippen molar-refractivity contribution in [3.05, 3.63) is 170 Å². The fourth-order valence-electron chi connectivity index (χ4n) is 7.87. The number of nitrogens with zero attached hydrogens (tertiary/aromatic N) is 4. The maximum Gasteiger partial charge on any atom is 0.235 e. The minimum absolute atomic E-state index is 0.616. The zero-order valence-electron chi connectivity index (χ0n) is 27.4. The molecule has 0 aliphatic carbocycles. The molecule has 4 heterocycles. The van der Waals surface area contributed by atoms with E-state index in [9.17, 15) is 0 Å². The lowest BCUT2D eigenvalue weighted by atomic mass is 10.1. The van der Waals surface area contributed by atoms with Gasteiger partial charge in [-0.25, -0.2) is 9.97 Å². The number of hydrogen-bond acceptors (Lipinski definition) is 3. The van der Waals surface area contributed by atoms with Crippen LogP contribution in [-0.2, 0) is 0 Å². The van der Waals surface area contributed by atoms with Crippen LogP contribution in [0.2, 0.25) is 0 Å². The van der Waals surface area contributed by atoms with Crippen LogP contribution in [0.15, 0.2) is 174 Å². The molecular weight excluding hydrogens is 625 g/mol. The standard InChI is InChI=1S/C46H28N4O/c1-4-14-29(15-5-1)37-27-38(30-16-6-2-7-17-30)48-46(47-37)50-39-22-12-10-20-32(39)35-26-36-33-24-25-41-44(45(33)51-43(36)28-42(35)50)34-21-11-13-23-40(34)49(41)31-18-8-3-9-19-31/h1-28H. The van der Waals surface area contributed by atoms with Crippen molar-refractivity contribution in [2.75, 3.05) is 0 Å². The Morgan fingerprint density at radius 1 is 0.392 bits per heavy atom. The van der Waals surface area contributed by atoms with Crippen LogP contribution in [0.25, 0.3) is 99.7 Å². The predicted octanol–water partition coefficient (Wildman–Crippen LogP) is 11.9. The normalized spacial score (nSPS) is 11.9. The second-order valence-electron chi connectivity index (χ2n) is 13.0. The first-order chi connectivity index (χ1) is 25.3. The predicted molar refractivity (Wildman–Crippen MR) is 209 cm³/mol. The van der Waals surface area contributed by atoms with E-state index >= 15 is 0 Å². The molecule has 11 rings (SSSR count). The van der Waals surface area contributed by atoms with Gasteiger partial charge in [-0.2, -0.15) is 0 Å². The van der Waals surface area contributed by atoms with Crippen molar-refractivity contribution < 1.29 is 4.42 Å². The molecule has 51 heavy (non-hydrogen) atoms. The number of rotatable bonds is 4. The van der Waals surface area contributed by atoms with E-state index < -0.39 is 0 Å². The molecule has 0 unspecified atom stereocenters. The van der Waals surface area contributed by atoms with Gasteiger partial charge < -0.3 is 8.98 Å². The molecule has 0 saturated heterocycles. The fraction of sp³-hybridized carbons (Fsp3) is 0. The third-order valence-electron chi connectivity index (χ3n) is 10.1. The Labute approximate surface area is 292 Å². The van der Waals surface area contributed by atoms with Gasteiger partial charge in [0.05, 0.1) is 38.8 Å². The van der Waals surface area contributed by atoms with E-state index in [0.717, 1.165) is 88.4 Å². The topological polar surface area (TPSA) is 48.8 Å². The molecule has 7 aromatic carbocycles. The van der Waals surface area contributed by atoms with Crippen molar-refractivity contribution in [1.29, 1.82) is 0 Å². The minimum Gasteiger partial charge on any atom is -0.455 e. The number of furan rings is 1. The highest BCUT2D eigenvalue weighted by atomic mass is 16.3. The summed E-state index contributed by atoms with van der Waals surface area (Å²) in [6, 6.07) is 59.3. The molecule has 0 fully saturated rings. The Bertz CT molecular complexity index is 3060. The Morgan fingerprint density at radius 3 is 1.67 bits per heavy atom. The van der Waals surface area contributed by atoms with Gasteiger partial charge >= 0.3 is 0 Å². The summed E-state index contributed by atoms with van der Waals surface area (Å²) in [6.45, 7) is 0. The van der Waals surface area contributed by atoms with E-state index in [1.165, 1.54) is 5.39 Å². The van der Waals surface area contributed by atoms with Gasteiger partial charge in [0.15, 0.2) is 0 Å². The molecule has 4 aromatic heterocycles. The molecule has 0 bridgehead atoms. The Morgan fingerprint density at radius 2 is 0.980 bits per heavy atom. The number of para-hydroxylation sites is 3. The molecule has 11 aromatic rings. The Hall–Kier alpha value is -6.98. The lowest BCUT2D eigenvalue weighted by molar-refractivity contribution is 0.673. The van der Waals surface area contributed by atoms with Crippen LogP contribution in [0.5, 0.6) is 0 Å². The lowest BCUT2D eigenvalue weighted by Crippen LogP contribution is -2.03. The molecule has 5 heteroatoms. The molecule has 0 saturated carbocycles. The second-order valence-corrected chi connectivity index (χ2v) is 13.0. The van der Waals surface area contributed by atoms with Crippen molar-refractivity contribution in [3.8, 4) is 34.2 Å². The highest BCUT2D eigenvalue weighted by Gasteiger charge is 2.22. The minimum atomic E-state index is 0.616. The molecule has 0 N–H and O–H groups in total. The first kappa shape index (κ1) is 27.9. The van der Waals surface area contributed by atoms with Crippen LogP contribution in [0, 0.1) is 0 Å². The summed E-state index contributed by atoms with van der Waals surface area (Å²) in [7, 11) is 0. The first-order valence-electron chi connectivity index (χ1n) is 17.2. The zero-order chi connectivity index (χ0) is 33.5. The molecule has 238 valence electrons. The van der Waals surface area contributed by atoms with Crippen molar-refractivity contribution >= 4 is 65.6 Å². The van der Waals surface area contributed by atoms with Gasteiger partial charge in [0.2, 0.25) is 5.95 Å². The van der Waals surface area contributed by atoms with Crippen LogP contribution in [0.4, 0.5) is 0 Å². The molecular formula is C46H28N4O. The summed E-state index contributed by atoms with van der Waals surface area (Å²) in [6.07, 6.45) is 0. The molecule has 5 nitrogen and oxygen atoms in total. The van der Waals surface area contributed by atoms with E-state index in [0.29, 0.717) is 5.95 Å². The monoisotopic (exact) mass is 652 g/mol. The van der Waals surface area contributed by atoms with Gasteiger partial charge in [-0.1, -0.05) is 115 Å². The number of benzene rings is 7. The van der Waals surface area contributed by atoms with Crippen LogP contribution in [0.3, 0.4) is 0 Å². The maximum absolute atomic E-state index is 6.94. The van der Waals surface area contributed by atoms with E-state index in [1.807, 2.05) is 36.4 Å². The summed E-state index contributed by atoms with van der Waals surface area (Å²) in [4.78, 5) is 10.4. The van der Waals surface area contributed by atoms with E-state index in [4.69, 9.17) is 14.4 Å². The Balaban J connectivity index is 1.22. The van der Waals surface area contributed by atoms with Gasteiger partial charge in [0.1, 0.15) is 11.2 Å². The molecule has 0 atom stereocenters. The van der Waals surface area contributed by atoms with Gasteiger partial charge in [0.25, 0.3) is 0 Å². The number of fused-ring (bicyclic) bond motifs is 10. The summed E-state index contributed by atoms with van der Waals surface area (Å²) in [5.41, 5.74) is 11.0. The maximum atomic E-state index is 6.94. The van der Waals surface area contributed by atoms with Crippen LogP contribution in [-0.4, -0.2) is 19.1 Å². The van der Waals surface area contributed by atoms with Gasteiger partial charge in [-0.15, -0.1) is 0 Å². The summed E-state index contributed by atoms with van der Waals surface area (Å²) < 4.78 is 11.5. The van der Waals surface area contributed by atoms with Gasteiger partial charge in [-0.05, 0) is 48.5 Å². The third-order valence-corrected chi connectivity index (χ3v) is 10.1. The van der Waals surface area contributed by atoms with Crippen molar-refractivity contribution in [2.45, 2.75) is 0 Å². The quantitative estimate of drug-likeness (QED) is 0.190. The summed E-state index contributed by atoms with van der Waals surface area (Å²) in [5.74, 6) is 0.616. The average molecular weight is 653 g/mol. The molecule has 0 spiro atoms. The van der Waals surface area contributed by atoms with Gasteiger partial charge in [-0.3, -0.25) is 4.57 Å². The SMILES string of the molecule is c1ccc(-c2cc(-c3ccccc3)nc(-n3c4ccccc4c4cc5c(cc43)oc3c5ccc4c3c3ccccc3n4-c3ccccc3)n2)cc1. The van der Waals surface area contributed by atoms with Crippen LogP contribution < -0.4 is 0 Å². The largest absolute Gasteiger partial charge is 0.455 e. The van der Waals surface area contributed by atoms with Crippen LogP contribution in [0.1, 0.15) is 0 Å². The zero-order valence-corrected chi connectivity index (χ0v) is 27.4. The fourth-order valence-corrected chi connectivity index (χ4v) is 7.87. The molecule has 0 aliphatic rings. The molecule has 0 aliphatic heterocycles. The molecule has 0 amide bonds. The second kappa shape index (κ2) is 10.8. The summed E-state index contributed by atoms with van der Waals surface area (Å²) >= 11 is 0. The Kier molecular flexibility index (Phi) is 5.89. The van der Waals surface area contributed by atoms with Crippen molar-refractivity contribution in [3.63, 3.8) is 0 Å². The van der Waals surface area contributed by atoms with Crippen molar-refractivity contribution in [2.24, 2.45) is 0 Å². The smallest absolute Gasteiger partial charge is 0.235 e. The number of hydrogen-bond donors (Lipinski definition) is 0. The molecule has 0 radical (unpaired) electrons. The lowest BCUT2D eigenvalue weighted by Gasteiger charge is -2.11. The first-order valence-corrected chi connectivity index (χ1v) is 17.2.